The van der Waals surface area contributed by atoms with Gasteiger partial charge >= 0.3 is 0 Å². The van der Waals surface area contributed by atoms with Crippen LogP contribution >= 0.6 is 23.1 Å². The first-order chi connectivity index (χ1) is 18.9. The van der Waals surface area contributed by atoms with Crippen LogP contribution in [0.15, 0.2) is 87.5 Å². The van der Waals surface area contributed by atoms with Crippen molar-refractivity contribution in [2.45, 2.75) is 16.6 Å². The summed E-state index contributed by atoms with van der Waals surface area (Å²) in [5, 5.41) is 5.68. The Kier molecular flexibility index (Phi) is 8.29. The zero-order valence-corrected chi connectivity index (χ0v) is 23.4. The molecule has 1 aliphatic rings. The van der Waals surface area contributed by atoms with Crippen molar-refractivity contribution in [3.63, 3.8) is 0 Å². The first kappa shape index (κ1) is 27.3. The van der Waals surface area contributed by atoms with E-state index in [1.54, 1.807) is 18.2 Å². The molecule has 1 amide bonds. The van der Waals surface area contributed by atoms with E-state index in [0.29, 0.717) is 47.4 Å². The van der Waals surface area contributed by atoms with Crippen LogP contribution in [0.2, 0.25) is 0 Å². The summed E-state index contributed by atoms with van der Waals surface area (Å²) in [7, 11) is -3.61. The summed E-state index contributed by atoms with van der Waals surface area (Å²) >= 11 is 2.55. The first-order valence-electron chi connectivity index (χ1n) is 12.2. The Hall–Kier alpha value is -3.29. The van der Waals surface area contributed by atoms with E-state index in [0.717, 1.165) is 22.9 Å². The van der Waals surface area contributed by atoms with E-state index in [4.69, 9.17) is 9.72 Å². The number of amides is 1. The van der Waals surface area contributed by atoms with Gasteiger partial charge in [0.1, 0.15) is 4.83 Å². The quantitative estimate of drug-likeness (QED) is 0.180. The van der Waals surface area contributed by atoms with E-state index in [1.165, 1.54) is 32.3 Å². The molecular weight excluding hydrogens is 557 g/mol. The van der Waals surface area contributed by atoms with Gasteiger partial charge < -0.3 is 10.1 Å². The van der Waals surface area contributed by atoms with E-state index >= 15 is 0 Å². The molecule has 0 spiro atoms. The molecule has 0 saturated carbocycles. The van der Waals surface area contributed by atoms with E-state index in [9.17, 15) is 18.0 Å². The average Bonchev–Trinajstić information content (AvgIpc) is 3.39. The number of sulfonamides is 1. The van der Waals surface area contributed by atoms with Crippen molar-refractivity contribution >= 4 is 54.9 Å². The van der Waals surface area contributed by atoms with E-state index in [2.05, 4.69) is 11.9 Å². The van der Waals surface area contributed by atoms with Gasteiger partial charge in [-0.15, -0.1) is 17.9 Å². The molecule has 1 saturated heterocycles. The van der Waals surface area contributed by atoms with Gasteiger partial charge in [-0.2, -0.15) is 4.31 Å². The number of benzene rings is 2. The summed E-state index contributed by atoms with van der Waals surface area (Å²) in [4.78, 5) is 31.7. The number of carbonyl (C=O) groups excluding carboxylic acids is 1. The van der Waals surface area contributed by atoms with Crippen LogP contribution in [-0.2, 0) is 26.1 Å². The number of nitrogens with one attached hydrogen (secondary N) is 1. The second-order valence-electron chi connectivity index (χ2n) is 8.67. The molecular formula is C27H26N4O5S3. The van der Waals surface area contributed by atoms with Crippen LogP contribution in [0.3, 0.4) is 0 Å². The van der Waals surface area contributed by atoms with Crippen LogP contribution in [0.25, 0.3) is 21.3 Å². The number of nitrogens with zero attached hydrogens (tertiary/aromatic N) is 3. The van der Waals surface area contributed by atoms with Crippen LogP contribution in [0, 0.1) is 0 Å². The zero-order valence-electron chi connectivity index (χ0n) is 20.9. The number of hydrogen-bond donors (Lipinski definition) is 1. The topological polar surface area (TPSA) is 111 Å². The first-order valence-corrected chi connectivity index (χ1v) is 15.5. The minimum Gasteiger partial charge on any atom is -0.379 e. The number of carbonyl (C=O) groups is 1. The Labute approximate surface area is 234 Å². The third kappa shape index (κ3) is 5.85. The fraction of sp³-hybridized carbons (Fsp3) is 0.222. The summed E-state index contributed by atoms with van der Waals surface area (Å²) in [5.74, 6) is -0.292. The summed E-state index contributed by atoms with van der Waals surface area (Å²) in [6.07, 6.45) is 1.63. The summed E-state index contributed by atoms with van der Waals surface area (Å²) < 4.78 is 33.8. The number of fused-ring (bicyclic) bond motifs is 1. The number of rotatable bonds is 9. The fourth-order valence-electron chi connectivity index (χ4n) is 4.21. The number of thiophene rings is 1. The third-order valence-electron chi connectivity index (χ3n) is 6.13. The van der Waals surface area contributed by atoms with Crippen LogP contribution in [0.5, 0.6) is 0 Å². The summed E-state index contributed by atoms with van der Waals surface area (Å²) in [5.41, 5.74) is 2.06. The van der Waals surface area contributed by atoms with Gasteiger partial charge in [-0.25, -0.2) is 13.4 Å². The molecule has 202 valence electrons. The number of anilines is 1. The van der Waals surface area contributed by atoms with E-state index in [1.807, 2.05) is 35.7 Å². The lowest BCUT2D eigenvalue weighted by Crippen LogP contribution is -2.40. The molecule has 1 fully saturated rings. The Bertz CT molecular complexity index is 1660. The molecule has 39 heavy (non-hydrogen) atoms. The number of thioether (sulfide) groups is 1. The second kappa shape index (κ2) is 11.8. The molecule has 12 heteroatoms. The SMILES string of the molecule is C=CCn1c(SCC(=O)Nc2ccc(S(=O)(=O)N3CCOCC3)cc2)nc2scc(-c3ccccc3)c2c1=O. The third-order valence-corrected chi connectivity index (χ3v) is 9.89. The maximum absolute atomic E-state index is 13.5. The van der Waals surface area contributed by atoms with Crippen molar-refractivity contribution in [2.24, 2.45) is 0 Å². The number of hydrogen-bond acceptors (Lipinski definition) is 8. The normalized spacial score (nSPS) is 14.4. The fourth-order valence-corrected chi connectivity index (χ4v) is 7.41. The van der Waals surface area contributed by atoms with Gasteiger partial charge in [0, 0.05) is 36.3 Å². The standard InChI is InChI=1S/C27H26N4O5S3/c1-2-12-31-26(33)24-22(19-6-4-3-5-7-19)17-37-25(24)29-27(31)38-18-23(32)28-20-8-10-21(11-9-20)39(34,35)30-13-15-36-16-14-30/h2-11,17H,1,12-16,18H2,(H,28,32). The second-order valence-corrected chi connectivity index (χ2v) is 12.4. The minimum absolute atomic E-state index is 0.0137. The monoisotopic (exact) mass is 582 g/mol. The number of aromatic nitrogens is 2. The van der Waals surface area contributed by atoms with Crippen LogP contribution in [0.1, 0.15) is 0 Å². The zero-order chi connectivity index (χ0) is 27.4. The smallest absolute Gasteiger partial charge is 0.263 e. The van der Waals surface area contributed by atoms with Gasteiger partial charge in [-0.05, 0) is 29.8 Å². The Morgan fingerprint density at radius 3 is 2.54 bits per heavy atom. The average molecular weight is 583 g/mol. The highest BCUT2D eigenvalue weighted by atomic mass is 32.2. The molecule has 1 N–H and O–H groups in total. The van der Waals surface area contributed by atoms with Gasteiger partial charge in [-0.1, -0.05) is 48.2 Å². The van der Waals surface area contributed by atoms with Crippen molar-refractivity contribution in [3.8, 4) is 11.1 Å². The van der Waals surface area contributed by atoms with Crippen LogP contribution in [0.4, 0.5) is 5.69 Å². The molecule has 5 rings (SSSR count). The van der Waals surface area contributed by atoms with Gasteiger partial charge in [0.15, 0.2) is 5.16 Å². The van der Waals surface area contributed by atoms with Gasteiger partial charge in [-0.3, -0.25) is 14.2 Å². The maximum Gasteiger partial charge on any atom is 0.263 e. The largest absolute Gasteiger partial charge is 0.379 e. The Morgan fingerprint density at radius 1 is 1.13 bits per heavy atom. The van der Waals surface area contributed by atoms with Crippen molar-refractivity contribution in [3.05, 3.63) is 83.0 Å². The predicted molar refractivity (Wildman–Crippen MR) is 155 cm³/mol. The molecule has 1 aliphatic heterocycles. The number of ether oxygens (including phenoxy) is 1. The highest BCUT2D eigenvalue weighted by molar-refractivity contribution is 7.99. The summed E-state index contributed by atoms with van der Waals surface area (Å²) in [6.45, 7) is 5.39. The lowest BCUT2D eigenvalue weighted by molar-refractivity contribution is -0.113. The van der Waals surface area contributed by atoms with Crippen LogP contribution < -0.4 is 10.9 Å². The van der Waals surface area contributed by atoms with Crippen molar-refractivity contribution in [1.29, 1.82) is 0 Å². The molecule has 2 aromatic carbocycles. The van der Waals surface area contributed by atoms with Crippen molar-refractivity contribution in [2.75, 3.05) is 37.4 Å². The predicted octanol–water partition coefficient (Wildman–Crippen LogP) is 4.06. The van der Waals surface area contributed by atoms with Gasteiger partial charge in [0.05, 0.1) is 29.2 Å². The number of morpholine rings is 1. The molecule has 0 bridgehead atoms. The Morgan fingerprint density at radius 2 is 1.85 bits per heavy atom. The lowest BCUT2D eigenvalue weighted by atomic mass is 10.1. The van der Waals surface area contributed by atoms with Crippen LogP contribution in [-0.4, -0.2) is 60.2 Å². The molecule has 3 heterocycles. The van der Waals surface area contributed by atoms with E-state index in [-0.39, 0.29) is 28.7 Å². The molecule has 0 unspecified atom stereocenters. The maximum atomic E-state index is 13.5. The molecule has 4 aromatic rings. The molecule has 0 aliphatic carbocycles. The van der Waals surface area contributed by atoms with Gasteiger partial charge in [0.25, 0.3) is 5.56 Å². The number of allylic oxidation sites excluding steroid dienone is 1. The lowest BCUT2D eigenvalue weighted by Gasteiger charge is -2.26. The molecule has 0 atom stereocenters. The van der Waals surface area contributed by atoms with Crippen molar-refractivity contribution < 1.29 is 17.9 Å². The van der Waals surface area contributed by atoms with Crippen molar-refractivity contribution in [1.82, 2.24) is 13.9 Å². The highest BCUT2D eigenvalue weighted by Gasteiger charge is 2.26. The highest BCUT2D eigenvalue weighted by Crippen LogP contribution is 2.32. The summed E-state index contributed by atoms with van der Waals surface area (Å²) in [6, 6.07) is 15.8. The molecule has 0 radical (unpaired) electrons. The minimum atomic E-state index is -3.61. The van der Waals surface area contributed by atoms with E-state index < -0.39 is 10.0 Å². The van der Waals surface area contributed by atoms with Gasteiger partial charge in [0.2, 0.25) is 15.9 Å². The molecule has 9 nitrogen and oxygen atoms in total. The Balaban J connectivity index is 1.30. The molecule has 2 aromatic heterocycles.